The first kappa shape index (κ1) is 23.1. The molecule has 0 bridgehead atoms. The molecule has 31 heavy (non-hydrogen) atoms. The largest absolute Gasteiger partial charge is 0.492 e. The fourth-order valence-corrected chi connectivity index (χ4v) is 4.23. The second-order valence-corrected chi connectivity index (χ2v) is 10.8. The molecule has 0 spiro atoms. The van der Waals surface area contributed by atoms with Crippen LogP contribution in [0.4, 0.5) is 10.5 Å². The van der Waals surface area contributed by atoms with Crippen LogP contribution < -0.4 is 9.64 Å². The van der Waals surface area contributed by atoms with E-state index in [1.54, 1.807) is 15.8 Å². The van der Waals surface area contributed by atoms with Crippen LogP contribution in [0.15, 0.2) is 24.5 Å². The molecule has 0 saturated heterocycles. The predicted octanol–water partition coefficient (Wildman–Crippen LogP) is 3.54. The maximum atomic E-state index is 12.4. The average molecular weight is 450 g/mol. The van der Waals surface area contributed by atoms with Crippen molar-refractivity contribution in [2.75, 3.05) is 30.6 Å². The number of hydrogen-bond acceptors (Lipinski definition) is 6. The number of carbonyl (C=O) groups is 1. The van der Waals surface area contributed by atoms with E-state index in [2.05, 4.69) is 18.9 Å². The maximum absolute atomic E-state index is 12.4. The lowest BCUT2D eigenvalue weighted by atomic mass is 9.92. The van der Waals surface area contributed by atoms with Crippen LogP contribution in [0.2, 0.25) is 0 Å². The molecule has 0 aliphatic carbocycles. The van der Waals surface area contributed by atoms with Crippen molar-refractivity contribution in [1.82, 2.24) is 9.78 Å². The molecule has 2 aromatic rings. The van der Waals surface area contributed by atoms with Gasteiger partial charge in [0.15, 0.2) is 0 Å². The number of hydrogen-bond donors (Lipinski definition) is 0. The minimum absolute atomic E-state index is 0.0288. The van der Waals surface area contributed by atoms with Gasteiger partial charge in [0, 0.05) is 35.2 Å². The Labute approximate surface area is 184 Å². The molecule has 3 rings (SSSR count). The Bertz CT molecular complexity index is 1050. The lowest BCUT2D eigenvalue weighted by molar-refractivity contribution is 0.175. The molecule has 1 aromatic heterocycles. The van der Waals surface area contributed by atoms with Crippen molar-refractivity contribution in [2.45, 2.75) is 46.2 Å². The fourth-order valence-electron chi connectivity index (χ4n) is 3.71. The van der Waals surface area contributed by atoms with Crippen LogP contribution >= 0.6 is 0 Å². The number of ether oxygens (including phenoxy) is 2. The number of carbonyl (C=O) groups excluding carboxylic acids is 1. The highest BCUT2D eigenvalue weighted by molar-refractivity contribution is 7.90. The molecule has 1 unspecified atom stereocenters. The smallest absolute Gasteiger partial charge is 0.414 e. The lowest BCUT2D eigenvalue weighted by Gasteiger charge is -2.35. The van der Waals surface area contributed by atoms with E-state index < -0.39 is 9.84 Å². The fraction of sp³-hybridized carbons (Fsp3) is 0.545. The van der Waals surface area contributed by atoms with Crippen molar-refractivity contribution in [2.24, 2.45) is 5.92 Å². The van der Waals surface area contributed by atoms with E-state index >= 15 is 0 Å². The molecule has 1 aliphatic heterocycles. The Morgan fingerprint density at radius 3 is 2.71 bits per heavy atom. The number of aryl methyl sites for hydroxylation is 1. The number of benzene rings is 1. The van der Waals surface area contributed by atoms with E-state index in [9.17, 15) is 13.2 Å². The van der Waals surface area contributed by atoms with Gasteiger partial charge in [-0.2, -0.15) is 5.10 Å². The standard InChI is InChI=1S/C22H31N3O5S/c1-15(2)14-30-21-18(17-12-23-24(13-17)10-11-31(5,27)28)8-9-20-19(21)7-6-16(3)25(20)22(26)29-4/h8-9,12-13,15-16H,6-7,10-11,14H2,1-5H3. The summed E-state index contributed by atoms with van der Waals surface area (Å²) in [6.07, 6.45) is 5.97. The Balaban J connectivity index is 2.03. The first-order chi connectivity index (χ1) is 14.6. The summed E-state index contributed by atoms with van der Waals surface area (Å²) in [4.78, 5) is 14.1. The summed E-state index contributed by atoms with van der Waals surface area (Å²) in [5.41, 5.74) is 3.51. The molecule has 9 heteroatoms. The van der Waals surface area contributed by atoms with Gasteiger partial charge in [-0.1, -0.05) is 13.8 Å². The van der Waals surface area contributed by atoms with Crippen LogP contribution in [0.5, 0.6) is 5.75 Å². The number of methoxy groups -OCH3 is 1. The van der Waals surface area contributed by atoms with E-state index in [1.807, 2.05) is 25.3 Å². The van der Waals surface area contributed by atoms with Gasteiger partial charge in [0.05, 0.1) is 37.9 Å². The Kier molecular flexibility index (Phi) is 6.93. The summed E-state index contributed by atoms with van der Waals surface area (Å²) in [5, 5.41) is 4.32. The van der Waals surface area contributed by atoms with Crippen molar-refractivity contribution in [3.63, 3.8) is 0 Å². The van der Waals surface area contributed by atoms with Gasteiger partial charge in [-0.3, -0.25) is 9.58 Å². The average Bonchev–Trinajstić information content (AvgIpc) is 3.18. The molecule has 0 fully saturated rings. The van der Waals surface area contributed by atoms with E-state index in [0.717, 1.165) is 41.0 Å². The van der Waals surface area contributed by atoms with Gasteiger partial charge in [0.1, 0.15) is 15.6 Å². The van der Waals surface area contributed by atoms with Crippen LogP contribution in [0.3, 0.4) is 0 Å². The normalized spacial score (nSPS) is 16.3. The summed E-state index contributed by atoms with van der Waals surface area (Å²) in [7, 11) is -1.69. The molecule has 1 aromatic carbocycles. The third-order valence-electron chi connectivity index (χ3n) is 5.32. The number of amides is 1. The van der Waals surface area contributed by atoms with Crippen LogP contribution in [0.25, 0.3) is 11.1 Å². The Morgan fingerprint density at radius 1 is 1.32 bits per heavy atom. The van der Waals surface area contributed by atoms with Crippen LogP contribution in [-0.4, -0.2) is 56.1 Å². The van der Waals surface area contributed by atoms with Crippen LogP contribution in [-0.2, 0) is 27.5 Å². The van der Waals surface area contributed by atoms with Crippen molar-refractivity contribution in [1.29, 1.82) is 0 Å². The van der Waals surface area contributed by atoms with Crippen molar-refractivity contribution < 1.29 is 22.7 Å². The molecular weight excluding hydrogens is 418 g/mol. The van der Waals surface area contributed by atoms with Gasteiger partial charge in [0.2, 0.25) is 0 Å². The third kappa shape index (κ3) is 5.39. The topological polar surface area (TPSA) is 90.7 Å². The first-order valence-electron chi connectivity index (χ1n) is 10.5. The quantitative estimate of drug-likeness (QED) is 0.642. The van der Waals surface area contributed by atoms with Gasteiger partial charge in [-0.15, -0.1) is 0 Å². The third-order valence-corrected chi connectivity index (χ3v) is 6.24. The molecule has 2 heterocycles. The molecule has 8 nitrogen and oxygen atoms in total. The van der Waals surface area contributed by atoms with E-state index in [-0.39, 0.29) is 17.9 Å². The molecule has 0 N–H and O–H groups in total. The van der Waals surface area contributed by atoms with Gasteiger partial charge >= 0.3 is 6.09 Å². The Hall–Kier alpha value is -2.55. The predicted molar refractivity (Wildman–Crippen MR) is 120 cm³/mol. The SMILES string of the molecule is COC(=O)N1c2ccc(-c3cnn(CCS(C)(=O)=O)c3)c(OCC(C)C)c2CCC1C. The van der Waals surface area contributed by atoms with Gasteiger partial charge in [-0.25, -0.2) is 13.2 Å². The minimum atomic E-state index is -3.07. The molecule has 1 amide bonds. The summed E-state index contributed by atoms with van der Waals surface area (Å²) in [5.74, 6) is 1.11. The van der Waals surface area contributed by atoms with Gasteiger partial charge < -0.3 is 9.47 Å². The summed E-state index contributed by atoms with van der Waals surface area (Å²) in [6.45, 7) is 7.01. The number of anilines is 1. The van der Waals surface area contributed by atoms with E-state index in [4.69, 9.17) is 9.47 Å². The molecule has 0 saturated carbocycles. The highest BCUT2D eigenvalue weighted by atomic mass is 32.2. The van der Waals surface area contributed by atoms with Gasteiger partial charge in [-0.05, 0) is 37.8 Å². The molecule has 0 radical (unpaired) electrons. The molecular formula is C22H31N3O5S. The van der Waals surface area contributed by atoms with Crippen molar-refractivity contribution in [3.05, 3.63) is 30.1 Å². The number of sulfone groups is 1. The number of fused-ring (bicyclic) bond motifs is 1. The van der Waals surface area contributed by atoms with Crippen molar-refractivity contribution >= 4 is 21.6 Å². The minimum Gasteiger partial charge on any atom is -0.492 e. The summed E-state index contributed by atoms with van der Waals surface area (Å²) < 4.78 is 35.9. The zero-order valence-corrected chi connectivity index (χ0v) is 19.6. The van der Waals surface area contributed by atoms with Crippen LogP contribution in [0.1, 0.15) is 32.8 Å². The Morgan fingerprint density at radius 2 is 2.06 bits per heavy atom. The summed E-state index contributed by atoms with van der Waals surface area (Å²) in [6, 6.07) is 3.88. The highest BCUT2D eigenvalue weighted by Gasteiger charge is 2.32. The van der Waals surface area contributed by atoms with E-state index in [1.165, 1.54) is 13.4 Å². The van der Waals surface area contributed by atoms with Gasteiger partial charge in [0.25, 0.3) is 0 Å². The second-order valence-electron chi connectivity index (χ2n) is 8.49. The first-order valence-corrected chi connectivity index (χ1v) is 12.5. The molecule has 170 valence electrons. The second kappa shape index (κ2) is 9.30. The number of aromatic nitrogens is 2. The maximum Gasteiger partial charge on any atom is 0.414 e. The molecule has 1 aliphatic rings. The zero-order valence-electron chi connectivity index (χ0n) is 18.8. The zero-order chi connectivity index (χ0) is 22.8. The monoisotopic (exact) mass is 449 g/mol. The van der Waals surface area contributed by atoms with Crippen molar-refractivity contribution in [3.8, 4) is 16.9 Å². The molecule has 1 atom stereocenters. The van der Waals surface area contributed by atoms with E-state index in [0.29, 0.717) is 19.1 Å². The van der Waals surface area contributed by atoms with Crippen LogP contribution in [0, 0.1) is 5.92 Å². The summed E-state index contributed by atoms with van der Waals surface area (Å²) >= 11 is 0. The number of nitrogens with zero attached hydrogens (tertiary/aromatic N) is 3. The number of rotatable bonds is 7. The highest BCUT2D eigenvalue weighted by Crippen LogP contribution is 2.43. The lowest BCUT2D eigenvalue weighted by Crippen LogP contribution is -2.42.